The van der Waals surface area contributed by atoms with Crippen LogP contribution in [0.2, 0.25) is 0 Å². The van der Waals surface area contributed by atoms with E-state index in [2.05, 4.69) is 21.2 Å². The van der Waals surface area contributed by atoms with Gasteiger partial charge in [0.1, 0.15) is 0 Å². The zero-order valence-corrected chi connectivity index (χ0v) is 13.8. The third kappa shape index (κ3) is 5.41. The number of hydrogen-bond donors (Lipinski definition) is 1. The van der Waals surface area contributed by atoms with Crippen molar-refractivity contribution in [3.63, 3.8) is 0 Å². The van der Waals surface area contributed by atoms with E-state index in [0.29, 0.717) is 19.8 Å². The van der Waals surface area contributed by atoms with Gasteiger partial charge in [-0.2, -0.15) is 0 Å². The molecule has 0 heterocycles. The van der Waals surface area contributed by atoms with Crippen LogP contribution in [0.15, 0.2) is 18.2 Å². The number of halogens is 1. The van der Waals surface area contributed by atoms with E-state index >= 15 is 0 Å². The molecule has 1 aromatic carbocycles. The Kier molecular flexibility index (Phi) is 7.44. The van der Waals surface area contributed by atoms with E-state index in [1.165, 1.54) is 0 Å². The number of benzene rings is 1. The van der Waals surface area contributed by atoms with E-state index in [-0.39, 0.29) is 10.7 Å². The number of hydrogen-bond acceptors (Lipinski definition) is 3. The summed E-state index contributed by atoms with van der Waals surface area (Å²) in [4.78, 5) is 11.3. The second-order valence-corrected chi connectivity index (χ2v) is 5.68. The van der Waals surface area contributed by atoms with Crippen LogP contribution in [0.25, 0.3) is 0 Å². The molecule has 1 unspecified atom stereocenters. The molecule has 1 amide bonds. The van der Waals surface area contributed by atoms with Crippen LogP contribution in [0.4, 0.5) is 0 Å². The van der Waals surface area contributed by atoms with Crippen LogP contribution >= 0.6 is 15.9 Å². The van der Waals surface area contributed by atoms with Crippen molar-refractivity contribution in [3.8, 4) is 11.5 Å². The highest BCUT2D eigenvalue weighted by molar-refractivity contribution is 9.10. The molecule has 1 aromatic rings. The van der Waals surface area contributed by atoms with Crippen LogP contribution in [0, 0.1) is 0 Å². The molecular weight excluding hydrogens is 322 g/mol. The van der Waals surface area contributed by atoms with Crippen LogP contribution in [0.5, 0.6) is 11.5 Å². The number of alkyl halides is 1. The number of carbonyl (C=O) groups excluding carboxylic acids is 1. The second kappa shape index (κ2) is 8.84. The molecule has 0 aliphatic carbocycles. The maximum Gasteiger partial charge on any atom is 0.233 e. The first kappa shape index (κ1) is 16.8. The molecule has 0 saturated heterocycles. The first-order chi connectivity index (χ1) is 9.58. The van der Waals surface area contributed by atoms with E-state index in [0.717, 1.165) is 23.5 Å². The molecule has 0 bridgehead atoms. The fourth-order valence-corrected chi connectivity index (χ4v) is 1.88. The maximum atomic E-state index is 11.4. The molecule has 0 spiro atoms. The van der Waals surface area contributed by atoms with E-state index in [1.807, 2.05) is 32.0 Å². The van der Waals surface area contributed by atoms with Gasteiger partial charge in [0.2, 0.25) is 5.91 Å². The lowest BCUT2D eigenvalue weighted by Gasteiger charge is -2.13. The van der Waals surface area contributed by atoms with Gasteiger partial charge in [0.05, 0.1) is 18.0 Å². The molecule has 20 heavy (non-hydrogen) atoms. The quantitative estimate of drug-likeness (QED) is 0.738. The molecule has 112 valence electrons. The Labute approximate surface area is 129 Å². The van der Waals surface area contributed by atoms with Gasteiger partial charge in [0.25, 0.3) is 0 Å². The third-order valence-corrected chi connectivity index (χ3v) is 3.10. The van der Waals surface area contributed by atoms with Gasteiger partial charge in [-0.1, -0.05) is 22.0 Å². The van der Waals surface area contributed by atoms with Gasteiger partial charge in [-0.3, -0.25) is 4.79 Å². The van der Waals surface area contributed by atoms with Crippen molar-refractivity contribution in [1.82, 2.24) is 5.32 Å². The SMILES string of the molecule is CCOc1ccc(CCNC(=O)C(C)Br)cc1OCC. The highest BCUT2D eigenvalue weighted by atomic mass is 79.9. The minimum absolute atomic E-state index is 0.000896. The first-order valence-corrected chi connectivity index (χ1v) is 7.80. The second-order valence-electron chi connectivity index (χ2n) is 4.30. The van der Waals surface area contributed by atoms with Crippen LogP contribution in [-0.2, 0) is 11.2 Å². The van der Waals surface area contributed by atoms with Crippen molar-refractivity contribution in [3.05, 3.63) is 23.8 Å². The molecule has 1 N–H and O–H groups in total. The summed E-state index contributed by atoms with van der Waals surface area (Å²) in [5.41, 5.74) is 1.11. The predicted octanol–water partition coefficient (Wildman–Crippen LogP) is 2.93. The topological polar surface area (TPSA) is 47.6 Å². The lowest BCUT2D eigenvalue weighted by molar-refractivity contribution is -0.120. The molecule has 0 aromatic heterocycles. The number of carbonyl (C=O) groups is 1. The minimum Gasteiger partial charge on any atom is -0.490 e. The van der Waals surface area contributed by atoms with E-state index in [4.69, 9.17) is 9.47 Å². The zero-order chi connectivity index (χ0) is 15.0. The lowest BCUT2D eigenvalue weighted by atomic mass is 10.1. The van der Waals surface area contributed by atoms with Gasteiger partial charge >= 0.3 is 0 Å². The molecule has 0 radical (unpaired) electrons. The van der Waals surface area contributed by atoms with E-state index in [9.17, 15) is 4.79 Å². The van der Waals surface area contributed by atoms with Crippen molar-refractivity contribution >= 4 is 21.8 Å². The normalized spacial score (nSPS) is 11.8. The first-order valence-electron chi connectivity index (χ1n) is 6.88. The number of amides is 1. The number of nitrogens with one attached hydrogen (secondary N) is 1. The summed E-state index contributed by atoms with van der Waals surface area (Å²) in [5.74, 6) is 1.52. The summed E-state index contributed by atoms with van der Waals surface area (Å²) in [6.07, 6.45) is 0.762. The maximum absolute atomic E-state index is 11.4. The highest BCUT2D eigenvalue weighted by Crippen LogP contribution is 2.28. The van der Waals surface area contributed by atoms with Crippen molar-refractivity contribution in [1.29, 1.82) is 0 Å². The van der Waals surface area contributed by atoms with Gasteiger partial charge in [0, 0.05) is 6.54 Å². The molecule has 1 rings (SSSR count). The van der Waals surface area contributed by atoms with Gasteiger partial charge in [0.15, 0.2) is 11.5 Å². The van der Waals surface area contributed by atoms with Crippen molar-refractivity contribution < 1.29 is 14.3 Å². The monoisotopic (exact) mass is 343 g/mol. The average Bonchev–Trinajstić information content (AvgIpc) is 2.41. The smallest absolute Gasteiger partial charge is 0.233 e. The van der Waals surface area contributed by atoms with Crippen molar-refractivity contribution in [2.45, 2.75) is 32.0 Å². The molecule has 1 atom stereocenters. The molecule has 4 nitrogen and oxygen atoms in total. The zero-order valence-electron chi connectivity index (χ0n) is 12.2. The Bertz CT molecular complexity index is 435. The average molecular weight is 344 g/mol. The largest absolute Gasteiger partial charge is 0.490 e. The third-order valence-electron chi connectivity index (χ3n) is 2.68. The summed E-state index contributed by atoms with van der Waals surface area (Å²) in [6, 6.07) is 5.88. The Balaban J connectivity index is 2.62. The molecule has 0 aliphatic heterocycles. The van der Waals surface area contributed by atoms with Crippen molar-refractivity contribution in [2.24, 2.45) is 0 Å². The van der Waals surface area contributed by atoms with Crippen LogP contribution in [0.3, 0.4) is 0 Å². The van der Waals surface area contributed by atoms with Gasteiger partial charge in [-0.15, -0.1) is 0 Å². The predicted molar refractivity (Wildman–Crippen MR) is 83.9 cm³/mol. The molecule has 0 saturated carbocycles. The Morgan fingerprint density at radius 3 is 2.50 bits per heavy atom. The Morgan fingerprint density at radius 1 is 1.25 bits per heavy atom. The lowest BCUT2D eigenvalue weighted by Crippen LogP contribution is -2.31. The molecular formula is C15H22BrNO3. The Hall–Kier alpha value is -1.23. The molecule has 5 heteroatoms. The van der Waals surface area contributed by atoms with Crippen LogP contribution < -0.4 is 14.8 Å². The van der Waals surface area contributed by atoms with Crippen molar-refractivity contribution in [2.75, 3.05) is 19.8 Å². The van der Waals surface area contributed by atoms with Gasteiger partial charge in [-0.25, -0.2) is 0 Å². The fraction of sp³-hybridized carbons (Fsp3) is 0.533. The molecule has 0 fully saturated rings. The van der Waals surface area contributed by atoms with Gasteiger partial charge < -0.3 is 14.8 Å². The Morgan fingerprint density at radius 2 is 1.90 bits per heavy atom. The van der Waals surface area contributed by atoms with Crippen LogP contribution in [-0.4, -0.2) is 30.5 Å². The minimum atomic E-state index is -0.165. The number of rotatable bonds is 8. The molecule has 0 aliphatic rings. The summed E-state index contributed by atoms with van der Waals surface area (Å²) < 4.78 is 11.1. The van der Waals surface area contributed by atoms with Gasteiger partial charge in [-0.05, 0) is 44.9 Å². The van der Waals surface area contributed by atoms with Crippen LogP contribution in [0.1, 0.15) is 26.3 Å². The summed E-state index contributed by atoms with van der Waals surface area (Å²) in [5, 5.41) is 2.86. The summed E-state index contributed by atoms with van der Waals surface area (Å²) >= 11 is 3.24. The summed E-state index contributed by atoms with van der Waals surface area (Å²) in [6.45, 7) is 7.51. The summed E-state index contributed by atoms with van der Waals surface area (Å²) in [7, 11) is 0. The standard InChI is InChI=1S/C15H22BrNO3/c1-4-19-13-7-6-12(10-14(13)20-5-2)8-9-17-15(18)11(3)16/h6-7,10-11H,4-5,8-9H2,1-3H3,(H,17,18). The number of ether oxygens (including phenoxy) is 2. The van der Waals surface area contributed by atoms with E-state index < -0.39 is 0 Å². The highest BCUT2D eigenvalue weighted by Gasteiger charge is 2.09. The fourth-order valence-electron chi connectivity index (χ4n) is 1.72. The van der Waals surface area contributed by atoms with E-state index in [1.54, 1.807) is 6.92 Å².